The molecule has 0 aromatic carbocycles. The van der Waals surface area contributed by atoms with Crippen LogP contribution in [0.15, 0.2) is 0 Å². The summed E-state index contributed by atoms with van der Waals surface area (Å²) in [4.78, 5) is 13.8. The van der Waals surface area contributed by atoms with Gasteiger partial charge in [-0.3, -0.25) is 4.84 Å². The van der Waals surface area contributed by atoms with Gasteiger partial charge in [0.1, 0.15) is 6.10 Å². The molecule has 0 radical (unpaired) electrons. The Hall–Kier alpha value is -0.940. The molecule has 0 amide bonds. The smallest absolute Gasteiger partial charge is 0.475 e. The highest BCUT2D eigenvalue weighted by molar-refractivity contribution is 5.73. The van der Waals surface area contributed by atoms with Gasteiger partial charge in [0.2, 0.25) is 0 Å². The van der Waals surface area contributed by atoms with E-state index in [1.807, 2.05) is 0 Å². The lowest BCUT2D eigenvalue weighted by Crippen LogP contribution is -2.55. The first-order chi connectivity index (χ1) is 8.27. The second kappa shape index (κ2) is 8.21. The van der Waals surface area contributed by atoms with E-state index in [4.69, 9.17) is 25.0 Å². The fourth-order valence-electron chi connectivity index (χ4n) is 0.687. The average Bonchev–Trinajstić information content (AvgIpc) is 2.20. The molecule has 1 saturated heterocycles. The Bertz CT molecular complexity index is 243. The summed E-state index contributed by atoms with van der Waals surface area (Å²) in [6, 6.07) is 0.348. The highest BCUT2D eigenvalue weighted by Gasteiger charge is 2.38. The summed E-state index contributed by atoms with van der Waals surface area (Å²) >= 11 is 0. The van der Waals surface area contributed by atoms with E-state index < -0.39 is 18.2 Å². The van der Waals surface area contributed by atoms with Gasteiger partial charge in [-0.15, -0.1) is 0 Å². The first kappa shape index (κ1) is 17.1. The molecule has 5 N–H and O–H groups in total. The fourth-order valence-corrected chi connectivity index (χ4v) is 0.687. The van der Waals surface area contributed by atoms with Crippen LogP contribution in [0.2, 0.25) is 0 Å². The van der Waals surface area contributed by atoms with E-state index in [2.05, 4.69) is 10.8 Å². The van der Waals surface area contributed by atoms with Crippen LogP contribution in [0.4, 0.5) is 13.2 Å². The Balaban J connectivity index is 0.000000360. The SMILES string of the molecule is O=C(O)C(F)(F)F.OC[C@@H](O)CONC1CNC1. The van der Waals surface area contributed by atoms with Crippen molar-refractivity contribution in [3.63, 3.8) is 0 Å². The van der Waals surface area contributed by atoms with Crippen molar-refractivity contribution in [3.8, 4) is 0 Å². The molecule has 1 aliphatic heterocycles. The van der Waals surface area contributed by atoms with Gasteiger partial charge in [-0.1, -0.05) is 0 Å². The van der Waals surface area contributed by atoms with E-state index in [0.717, 1.165) is 13.1 Å². The van der Waals surface area contributed by atoms with Gasteiger partial charge in [-0.25, -0.2) is 4.79 Å². The zero-order chi connectivity index (χ0) is 14.2. The van der Waals surface area contributed by atoms with Crippen molar-refractivity contribution < 1.29 is 38.1 Å². The van der Waals surface area contributed by atoms with Crippen LogP contribution >= 0.6 is 0 Å². The van der Waals surface area contributed by atoms with Crippen LogP contribution in [-0.4, -0.2) is 65.9 Å². The van der Waals surface area contributed by atoms with Crippen molar-refractivity contribution in [1.29, 1.82) is 0 Å². The zero-order valence-electron chi connectivity index (χ0n) is 9.28. The molecule has 1 aliphatic rings. The number of hydroxylamine groups is 1. The number of aliphatic hydroxyl groups is 2. The fraction of sp³-hybridized carbons (Fsp3) is 0.875. The Labute approximate surface area is 101 Å². The lowest BCUT2D eigenvalue weighted by Gasteiger charge is -2.27. The minimum Gasteiger partial charge on any atom is -0.475 e. The number of carboxylic acid groups (broad SMARTS) is 1. The van der Waals surface area contributed by atoms with Crippen molar-refractivity contribution in [2.24, 2.45) is 0 Å². The Morgan fingerprint density at radius 3 is 2.28 bits per heavy atom. The maximum Gasteiger partial charge on any atom is 0.490 e. The number of rotatable bonds is 5. The van der Waals surface area contributed by atoms with Gasteiger partial charge < -0.3 is 20.6 Å². The maximum atomic E-state index is 10.6. The molecule has 1 rings (SSSR count). The molecule has 0 aliphatic carbocycles. The molecule has 0 bridgehead atoms. The third kappa shape index (κ3) is 8.20. The standard InChI is InChI=1S/C6H14N2O3.C2HF3O2/c9-3-6(10)4-11-8-5-1-7-2-5;3-2(4,5)1(6)7/h5-10H,1-4H2;(H,6,7)/t6-;/m1./s1. The summed E-state index contributed by atoms with van der Waals surface area (Å²) < 4.78 is 31.7. The molecule has 0 spiro atoms. The molecular formula is C8H15F3N2O5. The van der Waals surface area contributed by atoms with Crippen LogP contribution in [0, 0.1) is 0 Å². The molecule has 18 heavy (non-hydrogen) atoms. The van der Waals surface area contributed by atoms with E-state index in [0.29, 0.717) is 6.04 Å². The lowest BCUT2D eigenvalue weighted by molar-refractivity contribution is -0.192. The summed E-state index contributed by atoms with van der Waals surface area (Å²) in [6.45, 7) is 1.67. The van der Waals surface area contributed by atoms with Crippen LogP contribution in [0.5, 0.6) is 0 Å². The third-order valence-electron chi connectivity index (χ3n) is 1.76. The number of aliphatic hydroxyl groups excluding tert-OH is 2. The Kier molecular flexibility index (Phi) is 7.78. The van der Waals surface area contributed by atoms with E-state index in [-0.39, 0.29) is 13.2 Å². The molecule has 0 unspecified atom stereocenters. The monoisotopic (exact) mass is 276 g/mol. The van der Waals surface area contributed by atoms with Crippen LogP contribution in [0.1, 0.15) is 0 Å². The van der Waals surface area contributed by atoms with Gasteiger partial charge in [0.05, 0.1) is 19.3 Å². The van der Waals surface area contributed by atoms with Crippen LogP contribution in [-0.2, 0) is 9.63 Å². The highest BCUT2D eigenvalue weighted by atomic mass is 19.4. The third-order valence-corrected chi connectivity index (χ3v) is 1.76. The summed E-state index contributed by atoms with van der Waals surface area (Å²) in [5.74, 6) is -2.76. The van der Waals surface area contributed by atoms with Crippen molar-refractivity contribution in [2.45, 2.75) is 18.3 Å². The zero-order valence-corrected chi connectivity index (χ0v) is 9.28. The van der Waals surface area contributed by atoms with Crippen LogP contribution in [0.25, 0.3) is 0 Å². The number of carboxylic acids is 1. The molecular weight excluding hydrogens is 261 g/mol. The maximum absolute atomic E-state index is 10.6. The number of nitrogens with one attached hydrogen (secondary N) is 2. The summed E-state index contributed by atoms with van der Waals surface area (Å²) in [5, 5.41) is 27.4. The number of carbonyl (C=O) groups is 1. The van der Waals surface area contributed by atoms with E-state index in [1.165, 1.54) is 0 Å². The van der Waals surface area contributed by atoms with Gasteiger partial charge >= 0.3 is 12.1 Å². The molecule has 0 aromatic rings. The Morgan fingerprint density at radius 1 is 1.50 bits per heavy atom. The predicted octanol–water partition coefficient (Wildman–Crippen LogP) is -1.53. The van der Waals surface area contributed by atoms with Crippen LogP contribution < -0.4 is 10.8 Å². The second-order valence-electron chi connectivity index (χ2n) is 3.42. The number of halogens is 3. The Morgan fingerprint density at radius 2 is 2.00 bits per heavy atom. The molecule has 0 saturated carbocycles. The lowest BCUT2D eigenvalue weighted by atomic mass is 10.2. The van der Waals surface area contributed by atoms with E-state index in [9.17, 15) is 13.2 Å². The largest absolute Gasteiger partial charge is 0.490 e. The average molecular weight is 276 g/mol. The number of aliphatic carboxylic acids is 1. The number of alkyl halides is 3. The first-order valence-corrected chi connectivity index (χ1v) is 4.94. The molecule has 1 fully saturated rings. The van der Waals surface area contributed by atoms with E-state index in [1.54, 1.807) is 0 Å². The quantitative estimate of drug-likeness (QED) is 0.387. The summed E-state index contributed by atoms with van der Waals surface area (Å²) in [7, 11) is 0. The number of hydrogen-bond donors (Lipinski definition) is 5. The highest BCUT2D eigenvalue weighted by Crippen LogP contribution is 2.13. The molecule has 7 nitrogen and oxygen atoms in total. The van der Waals surface area contributed by atoms with Gasteiger partial charge in [0.15, 0.2) is 0 Å². The van der Waals surface area contributed by atoms with Gasteiger partial charge in [-0.2, -0.15) is 18.7 Å². The molecule has 1 atom stereocenters. The number of hydrogen-bond acceptors (Lipinski definition) is 6. The van der Waals surface area contributed by atoms with Gasteiger partial charge in [0.25, 0.3) is 0 Å². The van der Waals surface area contributed by atoms with Crippen molar-refractivity contribution in [1.82, 2.24) is 10.8 Å². The minimum absolute atomic E-state index is 0.132. The molecule has 108 valence electrons. The van der Waals surface area contributed by atoms with Gasteiger partial charge in [0, 0.05) is 13.1 Å². The minimum atomic E-state index is -5.08. The van der Waals surface area contributed by atoms with Crippen molar-refractivity contribution >= 4 is 5.97 Å². The van der Waals surface area contributed by atoms with Crippen LogP contribution in [0.3, 0.4) is 0 Å². The predicted molar refractivity (Wildman–Crippen MR) is 52.5 cm³/mol. The topological polar surface area (TPSA) is 111 Å². The van der Waals surface area contributed by atoms with E-state index >= 15 is 0 Å². The second-order valence-corrected chi connectivity index (χ2v) is 3.42. The van der Waals surface area contributed by atoms with Gasteiger partial charge in [-0.05, 0) is 0 Å². The summed E-state index contributed by atoms with van der Waals surface area (Å²) in [6.07, 6.45) is -5.87. The van der Waals surface area contributed by atoms with Crippen molar-refractivity contribution in [3.05, 3.63) is 0 Å². The molecule has 0 aromatic heterocycles. The molecule has 10 heteroatoms. The van der Waals surface area contributed by atoms with Crippen molar-refractivity contribution in [2.75, 3.05) is 26.3 Å². The summed E-state index contributed by atoms with van der Waals surface area (Å²) in [5.41, 5.74) is 2.75. The molecule has 1 heterocycles. The first-order valence-electron chi connectivity index (χ1n) is 4.94. The normalized spacial score (nSPS) is 17.4.